The molecule has 0 radical (unpaired) electrons. The first-order chi connectivity index (χ1) is 8.74. The number of para-hydroxylation sites is 1. The number of amidine groups is 1. The molecule has 1 heterocycles. The Hall–Kier alpha value is -2.56. The van der Waals surface area contributed by atoms with Gasteiger partial charge in [-0.25, -0.2) is 0 Å². The number of nitrogens with two attached hydrogens (primary N) is 1. The minimum atomic E-state index is 0.0650. The first-order valence-corrected chi connectivity index (χ1v) is 5.44. The van der Waals surface area contributed by atoms with Crippen molar-refractivity contribution in [1.29, 1.82) is 0 Å². The molecule has 0 aliphatic heterocycles. The van der Waals surface area contributed by atoms with Gasteiger partial charge in [-0.2, -0.15) is 0 Å². The van der Waals surface area contributed by atoms with Crippen LogP contribution >= 0.6 is 0 Å². The fourth-order valence-corrected chi connectivity index (χ4v) is 1.71. The highest BCUT2D eigenvalue weighted by Crippen LogP contribution is 2.25. The molecule has 0 aliphatic rings. The maximum atomic E-state index is 8.79. The standard InChI is InChI=1S/C13H14N4O/c1-17(10-5-3-2-4-6-10)12-9-15-8-7-11(12)13(14)16-18/h2-9,18H,1H3,(H2,14,16). The number of hydrogen-bond acceptors (Lipinski definition) is 4. The van der Waals surface area contributed by atoms with Crippen LogP contribution in [0.15, 0.2) is 53.9 Å². The zero-order chi connectivity index (χ0) is 13.0. The Morgan fingerprint density at radius 1 is 1.28 bits per heavy atom. The van der Waals surface area contributed by atoms with Crippen molar-refractivity contribution in [3.63, 3.8) is 0 Å². The predicted molar refractivity (Wildman–Crippen MR) is 71.3 cm³/mol. The first-order valence-electron chi connectivity index (χ1n) is 5.44. The van der Waals surface area contributed by atoms with Crippen molar-refractivity contribution < 1.29 is 5.21 Å². The fraction of sp³-hybridized carbons (Fsp3) is 0.0769. The molecule has 0 saturated heterocycles. The van der Waals surface area contributed by atoms with Crippen molar-refractivity contribution in [3.8, 4) is 0 Å². The maximum absolute atomic E-state index is 8.79. The highest BCUT2D eigenvalue weighted by Gasteiger charge is 2.12. The second-order valence-electron chi connectivity index (χ2n) is 3.77. The van der Waals surface area contributed by atoms with Crippen molar-refractivity contribution in [2.45, 2.75) is 0 Å². The molecule has 0 fully saturated rings. The molecule has 1 aromatic heterocycles. The molecule has 5 nitrogen and oxygen atoms in total. The monoisotopic (exact) mass is 242 g/mol. The molecular formula is C13H14N4O. The van der Waals surface area contributed by atoms with E-state index < -0.39 is 0 Å². The Morgan fingerprint density at radius 2 is 2.00 bits per heavy atom. The summed E-state index contributed by atoms with van der Waals surface area (Å²) < 4.78 is 0. The van der Waals surface area contributed by atoms with Crippen LogP contribution in [0, 0.1) is 0 Å². The summed E-state index contributed by atoms with van der Waals surface area (Å²) in [5, 5.41) is 11.8. The van der Waals surface area contributed by atoms with Crippen LogP contribution < -0.4 is 10.6 Å². The quantitative estimate of drug-likeness (QED) is 0.373. The SMILES string of the molecule is CN(c1ccccc1)c1cnccc1/C(N)=N/O. The first kappa shape index (κ1) is 11.9. The summed E-state index contributed by atoms with van der Waals surface area (Å²) in [5.41, 5.74) is 8.07. The van der Waals surface area contributed by atoms with E-state index >= 15 is 0 Å². The van der Waals surface area contributed by atoms with E-state index in [1.165, 1.54) is 0 Å². The van der Waals surface area contributed by atoms with Gasteiger partial charge in [-0.05, 0) is 18.2 Å². The van der Waals surface area contributed by atoms with Gasteiger partial charge in [-0.15, -0.1) is 0 Å². The lowest BCUT2D eigenvalue weighted by atomic mass is 10.2. The molecule has 5 heteroatoms. The van der Waals surface area contributed by atoms with Gasteiger partial charge in [0.15, 0.2) is 5.84 Å². The molecule has 18 heavy (non-hydrogen) atoms. The van der Waals surface area contributed by atoms with Gasteiger partial charge in [0.05, 0.1) is 11.9 Å². The Bertz CT molecular complexity index is 554. The largest absolute Gasteiger partial charge is 0.409 e. The van der Waals surface area contributed by atoms with Crippen LogP contribution in [0.5, 0.6) is 0 Å². The number of anilines is 2. The van der Waals surface area contributed by atoms with Gasteiger partial charge in [0.25, 0.3) is 0 Å². The van der Waals surface area contributed by atoms with E-state index in [4.69, 9.17) is 10.9 Å². The molecule has 2 aromatic rings. The second-order valence-corrected chi connectivity index (χ2v) is 3.77. The average Bonchev–Trinajstić information content (AvgIpc) is 2.46. The highest BCUT2D eigenvalue weighted by atomic mass is 16.4. The van der Waals surface area contributed by atoms with Gasteiger partial charge >= 0.3 is 0 Å². The molecule has 0 saturated carbocycles. The van der Waals surface area contributed by atoms with Crippen LogP contribution in [0.2, 0.25) is 0 Å². The highest BCUT2D eigenvalue weighted by molar-refractivity contribution is 6.02. The summed E-state index contributed by atoms with van der Waals surface area (Å²) in [4.78, 5) is 6.01. The number of benzene rings is 1. The molecule has 92 valence electrons. The molecule has 0 bridgehead atoms. The van der Waals surface area contributed by atoms with E-state index in [9.17, 15) is 0 Å². The smallest absolute Gasteiger partial charge is 0.172 e. The lowest BCUT2D eigenvalue weighted by Crippen LogP contribution is -2.19. The molecule has 3 N–H and O–H groups in total. The maximum Gasteiger partial charge on any atom is 0.172 e. The van der Waals surface area contributed by atoms with E-state index in [2.05, 4.69) is 10.1 Å². The van der Waals surface area contributed by atoms with E-state index in [1.807, 2.05) is 42.3 Å². The van der Waals surface area contributed by atoms with Crippen LogP contribution in [0.3, 0.4) is 0 Å². The van der Waals surface area contributed by atoms with Crippen molar-refractivity contribution in [2.75, 3.05) is 11.9 Å². The van der Waals surface area contributed by atoms with E-state index in [0.29, 0.717) is 5.56 Å². The number of rotatable bonds is 3. The third-order valence-corrected chi connectivity index (χ3v) is 2.69. The summed E-state index contributed by atoms with van der Waals surface area (Å²) in [6, 6.07) is 11.5. The number of pyridine rings is 1. The minimum absolute atomic E-state index is 0.0650. The number of aromatic nitrogens is 1. The predicted octanol–water partition coefficient (Wildman–Crippen LogP) is 1.94. The molecule has 0 atom stereocenters. The average molecular weight is 242 g/mol. The van der Waals surface area contributed by atoms with E-state index in [1.54, 1.807) is 18.5 Å². The Kier molecular flexibility index (Phi) is 3.43. The zero-order valence-electron chi connectivity index (χ0n) is 9.99. The van der Waals surface area contributed by atoms with Crippen molar-refractivity contribution >= 4 is 17.2 Å². The Balaban J connectivity index is 2.46. The van der Waals surface area contributed by atoms with Gasteiger partial charge in [0.2, 0.25) is 0 Å². The summed E-state index contributed by atoms with van der Waals surface area (Å²) in [6.45, 7) is 0. The lowest BCUT2D eigenvalue weighted by Gasteiger charge is -2.21. The molecule has 0 aliphatic carbocycles. The van der Waals surface area contributed by atoms with Gasteiger partial charge in [0, 0.05) is 24.5 Å². The third kappa shape index (κ3) is 2.24. The van der Waals surface area contributed by atoms with Gasteiger partial charge in [-0.3, -0.25) is 4.98 Å². The third-order valence-electron chi connectivity index (χ3n) is 2.69. The molecule has 0 amide bonds. The second kappa shape index (κ2) is 5.18. The number of oxime groups is 1. The molecular weight excluding hydrogens is 228 g/mol. The van der Waals surface area contributed by atoms with Crippen molar-refractivity contribution in [1.82, 2.24) is 4.98 Å². The van der Waals surface area contributed by atoms with Crippen molar-refractivity contribution in [2.24, 2.45) is 10.9 Å². The zero-order valence-corrected chi connectivity index (χ0v) is 9.99. The summed E-state index contributed by atoms with van der Waals surface area (Å²) in [7, 11) is 1.90. The van der Waals surface area contributed by atoms with Crippen LogP contribution in [-0.2, 0) is 0 Å². The van der Waals surface area contributed by atoms with Crippen LogP contribution in [-0.4, -0.2) is 23.1 Å². The Labute approximate surface area is 105 Å². The van der Waals surface area contributed by atoms with Gasteiger partial charge in [-0.1, -0.05) is 23.4 Å². The lowest BCUT2D eigenvalue weighted by molar-refractivity contribution is 0.318. The summed E-state index contributed by atoms with van der Waals surface area (Å²) in [5.74, 6) is 0.0650. The van der Waals surface area contributed by atoms with Crippen LogP contribution in [0.1, 0.15) is 5.56 Å². The van der Waals surface area contributed by atoms with Crippen LogP contribution in [0.25, 0.3) is 0 Å². The molecule has 0 unspecified atom stereocenters. The van der Waals surface area contributed by atoms with E-state index in [0.717, 1.165) is 11.4 Å². The normalized spacial score (nSPS) is 11.3. The topological polar surface area (TPSA) is 74.7 Å². The van der Waals surface area contributed by atoms with Crippen LogP contribution in [0.4, 0.5) is 11.4 Å². The molecule has 2 rings (SSSR count). The Morgan fingerprint density at radius 3 is 2.67 bits per heavy atom. The summed E-state index contributed by atoms with van der Waals surface area (Å²) in [6.07, 6.45) is 3.29. The van der Waals surface area contributed by atoms with Crippen molar-refractivity contribution in [3.05, 3.63) is 54.4 Å². The summed E-state index contributed by atoms with van der Waals surface area (Å²) >= 11 is 0. The van der Waals surface area contributed by atoms with Gasteiger partial charge < -0.3 is 15.8 Å². The molecule has 1 aromatic carbocycles. The number of hydrogen-bond donors (Lipinski definition) is 2. The fourth-order valence-electron chi connectivity index (χ4n) is 1.71. The van der Waals surface area contributed by atoms with E-state index in [-0.39, 0.29) is 5.84 Å². The number of nitrogens with zero attached hydrogens (tertiary/aromatic N) is 3. The van der Waals surface area contributed by atoms with Gasteiger partial charge in [0.1, 0.15) is 0 Å². The minimum Gasteiger partial charge on any atom is -0.409 e. The molecule has 0 spiro atoms.